The van der Waals surface area contributed by atoms with Crippen LogP contribution in [0, 0.1) is 5.41 Å². The van der Waals surface area contributed by atoms with E-state index in [0.29, 0.717) is 6.42 Å². The molecule has 1 saturated carbocycles. The lowest BCUT2D eigenvalue weighted by molar-refractivity contribution is -0.141. The first-order valence-electron chi connectivity index (χ1n) is 5.56. The van der Waals surface area contributed by atoms with Gasteiger partial charge in [0.2, 0.25) is 5.95 Å². The van der Waals surface area contributed by atoms with Crippen molar-refractivity contribution in [3.63, 3.8) is 0 Å². The molecule has 0 spiro atoms. The normalized spacial score (nSPS) is 26.6. The summed E-state index contributed by atoms with van der Waals surface area (Å²) in [5.74, 6) is -0.0604. The van der Waals surface area contributed by atoms with Gasteiger partial charge < -0.3 is 10.4 Å². The highest BCUT2D eigenvalue weighted by Gasteiger charge is 2.47. The van der Waals surface area contributed by atoms with E-state index in [2.05, 4.69) is 15.3 Å². The van der Waals surface area contributed by atoms with Crippen LogP contribution in [0.4, 0.5) is 19.1 Å². The molecule has 2 unspecified atom stereocenters. The number of hydrogen-bond acceptors (Lipinski definition) is 4. The van der Waals surface area contributed by atoms with Crippen molar-refractivity contribution in [1.29, 1.82) is 0 Å². The first kappa shape index (κ1) is 13.1. The molecule has 1 heterocycles. The second-order valence-corrected chi connectivity index (χ2v) is 5.03. The quantitative estimate of drug-likeness (QED) is 0.855. The number of nitrogens with one attached hydrogen (secondary N) is 1. The molecule has 0 bridgehead atoms. The highest BCUT2D eigenvalue weighted by molar-refractivity contribution is 5.31. The van der Waals surface area contributed by atoms with Gasteiger partial charge in [0, 0.05) is 17.7 Å². The Morgan fingerprint density at radius 1 is 1.44 bits per heavy atom. The summed E-state index contributed by atoms with van der Waals surface area (Å²) < 4.78 is 37.4. The molecule has 1 aliphatic carbocycles. The van der Waals surface area contributed by atoms with Crippen LogP contribution >= 0.6 is 0 Å². The molecule has 1 fully saturated rings. The Morgan fingerprint density at radius 2 is 2.11 bits per heavy atom. The maximum Gasteiger partial charge on any atom is 0.433 e. The van der Waals surface area contributed by atoms with Crippen LogP contribution < -0.4 is 5.32 Å². The average molecular weight is 261 g/mol. The zero-order valence-corrected chi connectivity index (χ0v) is 9.99. The van der Waals surface area contributed by atoms with Crippen molar-refractivity contribution in [2.75, 3.05) is 5.32 Å². The predicted molar refractivity (Wildman–Crippen MR) is 58.8 cm³/mol. The molecular formula is C11H14F3N3O. The standard InChI is InChI=1S/C11H14F3N3O/c1-10(2)7(5-8(10)18)17-9-15-4-3-6(16-9)11(12,13)14/h3-4,7-8,18H,5H2,1-2H3,(H,15,16,17). The first-order chi connectivity index (χ1) is 8.21. The van der Waals surface area contributed by atoms with Gasteiger partial charge in [0.25, 0.3) is 0 Å². The Hall–Kier alpha value is -1.37. The number of nitrogens with zero attached hydrogens (tertiary/aromatic N) is 2. The van der Waals surface area contributed by atoms with E-state index in [0.717, 1.165) is 12.3 Å². The van der Waals surface area contributed by atoms with Gasteiger partial charge in [-0.2, -0.15) is 13.2 Å². The van der Waals surface area contributed by atoms with Crippen LogP contribution in [0.5, 0.6) is 0 Å². The summed E-state index contributed by atoms with van der Waals surface area (Å²) in [5.41, 5.74) is -1.37. The smallest absolute Gasteiger partial charge is 0.392 e. The van der Waals surface area contributed by atoms with Crippen molar-refractivity contribution in [2.45, 2.75) is 38.6 Å². The van der Waals surface area contributed by atoms with E-state index in [4.69, 9.17) is 0 Å². The fourth-order valence-electron chi connectivity index (χ4n) is 1.89. The number of halogens is 3. The number of aliphatic hydroxyl groups is 1. The van der Waals surface area contributed by atoms with Gasteiger partial charge in [-0.05, 0) is 12.5 Å². The number of alkyl halides is 3. The van der Waals surface area contributed by atoms with E-state index in [9.17, 15) is 18.3 Å². The third kappa shape index (κ3) is 2.27. The summed E-state index contributed by atoms with van der Waals surface area (Å²) in [5, 5.41) is 12.4. The summed E-state index contributed by atoms with van der Waals surface area (Å²) >= 11 is 0. The van der Waals surface area contributed by atoms with Gasteiger partial charge in [-0.1, -0.05) is 13.8 Å². The third-order valence-corrected chi connectivity index (χ3v) is 3.47. The molecule has 0 saturated heterocycles. The molecule has 2 N–H and O–H groups in total. The van der Waals surface area contributed by atoms with Gasteiger partial charge in [0.05, 0.1) is 6.10 Å². The molecule has 4 nitrogen and oxygen atoms in total. The molecular weight excluding hydrogens is 247 g/mol. The summed E-state index contributed by atoms with van der Waals surface area (Å²) in [6.07, 6.45) is -3.39. The van der Waals surface area contributed by atoms with Gasteiger partial charge in [-0.3, -0.25) is 0 Å². The minimum atomic E-state index is -4.48. The summed E-state index contributed by atoms with van der Waals surface area (Å²) in [6.45, 7) is 3.68. The van der Waals surface area contributed by atoms with Crippen LogP contribution in [0.1, 0.15) is 26.0 Å². The maximum atomic E-state index is 12.5. The summed E-state index contributed by atoms with van der Waals surface area (Å²) in [7, 11) is 0. The van der Waals surface area contributed by atoms with Gasteiger partial charge in [0.1, 0.15) is 5.69 Å². The number of aliphatic hydroxyl groups excluding tert-OH is 1. The first-order valence-corrected chi connectivity index (χ1v) is 5.56. The minimum absolute atomic E-state index is 0.0604. The van der Waals surface area contributed by atoms with Crippen LogP contribution in [0.2, 0.25) is 0 Å². The lowest BCUT2D eigenvalue weighted by atomic mass is 9.65. The summed E-state index contributed by atoms with van der Waals surface area (Å²) in [6, 6.07) is 0.697. The lowest BCUT2D eigenvalue weighted by Gasteiger charge is -2.49. The highest BCUT2D eigenvalue weighted by atomic mass is 19.4. The Kier molecular flexibility index (Phi) is 2.96. The van der Waals surface area contributed by atoms with E-state index in [1.165, 1.54) is 0 Å². The number of rotatable bonds is 2. The molecule has 18 heavy (non-hydrogen) atoms. The van der Waals surface area contributed by atoms with Gasteiger partial charge in [-0.25, -0.2) is 9.97 Å². The number of anilines is 1. The molecule has 100 valence electrons. The van der Waals surface area contributed by atoms with Crippen molar-refractivity contribution in [3.05, 3.63) is 18.0 Å². The van der Waals surface area contributed by atoms with Crippen LogP contribution in [-0.4, -0.2) is 27.2 Å². The highest BCUT2D eigenvalue weighted by Crippen LogP contribution is 2.41. The second-order valence-electron chi connectivity index (χ2n) is 5.03. The van der Waals surface area contributed by atoms with Crippen molar-refractivity contribution in [3.8, 4) is 0 Å². The lowest BCUT2D eigenvalue weighted by Crippen LogP contribution is -2.57. The Bertz CT molecular complexity index is 447. The van der Waals surface area contributed by atoms with Crippen molar-refractivity contribution < 1.29 is 18.3 Å². The van der Waals surface area contributed by atoms with E-state index in [-0.39, 0.29) is 12.0 Å². The molecule has 1 aromatic heterocycles. The van der Waals surface area contributed by atoms with Gasteiger partial charge >= 0.3 is 6.18 Å². The molecule has 0 amide bonds. The molecule has 0 aliphatic heterocycles. The molecule has 0 aromatic carbocycles. The van der Waals surface area contributed by atoms with Crippen LogP contribution in [0.3, 0.4) is 0 Å². The molecule has 7 heteroatoms. The largest absolute Gasteiger partial charge is 0.433 e. The molecule has 0 radical (unpaired) electrons. The Morgan fingerprint density at radius 3 is 2.61 bits per heavy atom. The van der Waals surface area contributed by atoms with Crippen molar-refractivity contribution in [2.24, 2.45) is 5.41 Å². The van der Waals surface area contributed by atoms with Crippen LogP contribution in [0.25, 0.3) is 0 Å². The predicted octanol–water partition coefficient (Wildman–Crippen LogP) is 2.07. The van der Waals surface area contributed by atoms with Crippen molar-refractivity contribution >= 4 is 5.95 Å². The summed E-state index contributed by atoms with van der Waals surface area (Å²) in [4.78, 5) is 7.19. The van der Waals surface area contributed by atoms with E-state index >= 15 is 0 Å². The van der Waals surface area contributed by atoms with Gasteiger partial charge in [0.15, 0.2) is 0 Å². The fourth-order valence-corrected chi connectivity index (χ4v) is 1.89. The average Bonchev–Trinajstić information content (AvgIpc) is 2.28. The number of aromatic nitrogens is 2. The van der Waals surface area contributed by atoms with Crippen LogP contribution in [-0.2, 0) is 6.18 Å². The molecule has 2 rings (SSSR count). The zero-order valence-electron chi connectivity index (χ0n) is 9.99. The van der Waals surface area contributed by atoms with Gasteiger partial charge in [-0.15, -0.1) is 0 Å². The molecule has 1 aromatic rings. The van der Waals surface area contributed by atoms with E-state index < -0.39 is 23.4 Å². The Balaban J connectivity index is 2.12. The fraction of sp³-hybridized carbons (Fsp3) is 0.636. The zero-order chi connectivity index (χ0) is 13.6. The second kappa shape index (κ2) is 4.08. The third-order valence-electron chi connectivity index (χ3n) is 3.47. The molecule has 2 atom stereocenters. The van der Waals surface area contributed by atoms with Crippen LogP contribution in [0.15, 0.2) is 12.3 Å². The minimum Gasteiger partial charge on any atom is -0.392 e. The van der Waals surface area contributed by atoms with E-state index in [1.54, 1.807) is 0 Å². The SMILES string of the molecule is CC1(C)C(O)CC1Nc1nccc(C(F)(F)F)n1. The molecule has 1 aliphatic rings. The Labute approximate surface area is 102 Å². The maximum absolute atomic E-state index is 12.5. The topological polar surface area (TPSA) is 58.0 Å². The van der Waals surface area contributed by atoms with Crippen molar-refractivity contribution in [1.82, 2.24) is 9.97 Å². The monoisotopic (exact) mass is 261 g/mol. The number of hydrogen-bond donors (Lipinski definition) is 2. The van der Waals surface area contributed by atoms with E-state index in [1.807, 2.05) is 13.8 Å².